The van der Waals surface area contributed by atoms with Crippen molar-refractivity contribution in [2.75, 3.05) is 0 Å². The third kappa shape index (κ3) is 18.9. The fraction of sp³-hybridized carbons (Fsp3) is 0.667. The van der Waals surface area contributed by atoms with Crippen molar-refractivity contribution in [1.29, 1.82) is 0 Å². The monoisotopic (exact) mass is 266 g/mol. The average molecular weight is 266 g/mol. The summed E-state index contributed by atoms with van der Waals surface area (Å²) in [6, 6.07) is 0. The molecule has 0 rings (SSSR count). The van der Waals surface area contributed by atoms with Gasteiger partial charge in [0.15, 0.2) is 0 Å². The van der Waals surface area contributed by atoms with Crippen LogP contribution in [0.3, 0.4) is 0 Å². The van der Waals surface area contributed by atoms with Crippen LogP contribution >= 0.6 is 24.4 Å². The van der Waals surface area contributed by atoms with E-state index in [0.717, 1.165) is 0 Å². The average Bonchev–Trinajstić information content (AvgIpc) is 1.88. The Morgan fingerprint density at radius 1 is 1.00 bits per heavy atom. The molecular weight excluding hydrogens is 256 g/mol. The normalized spacial score (nSPS) is 12.6. The molecule has 2 atom stereocenters. The number of hydrogen-bond donors (Lipinski definition) is 2. The van der Waals surface area contributed by atoms with E-state index in [-0.39, 0.29) is 17.1 Å². The van der Waals surface area contributed by atoms with Crippen molar-refractivity contribution < 1.29 is 37.5 Å². The van der Waals surface area contributed by atoms with Crippen molar-refractivity contribution in [2.24, 2.45) is 0 Å². The van der Waals surface area contributed by atoms with Crippen LogP contribution in [0.1, 0.15) is 13.8 Å². The quantitative estimate of drug-likeness (QED) is 0.449. The minimum Gasteiger partial charge on any atom is -0.866 e. The zero-order valence-electron chi connectivity index (χ0n) is 7.04. The molecule has 0 amide bonds. The van der Waals surface area contributed by atoms with Gasteiger partial charge in [-0.15, -0.1) is 0 Å². The topological polar surface area (TPSA) is 86.6 Å². The van der Waals surface area contributed by atoms with Gasteiger partial charge in [0.05, 0.1) is 12.2 Å². The van der Waals surface area contributed by atoms with Gasteiger partial charge in [-0.3, -0.25) is 0 Å². The summed E-state index contributed by atoms with van der Waals surface area (Å²) < 4.78 is 0. The van der Waals surface area contributed by atoms with Crippen LogP contribution in [0.2, 0.25) is 0 Å². The van der Waals surface area contributed by atoms with Crippen molar-refractivity contribution >= 4 is 34.5 Å². The molecule has 0 aliphatic heterocycles. The van der Waals surface area contributed by atoms with Gasteiger partial charge in [-0.05, 0) is 23.9 Å². The van der Waals surface area contributed by atoms with E-state index < -0.39 is 22.3 Å². The van der Waals surface area contributed by atoms with Crippen LogP contribution in [0.5, 0.6) is 0 Å². The Morgan fingerprint density at radius 3 is 1.08 bits per heavy atom. The third-order valence-electron chi connectivity index (χ3n) is 0.682. The number of aliphatic hydroxyl groups is 2. The van der Waals surface area contributed by atoms with Crippen LogP contribution in [0.4, 0.5) is 0 Å². The zero-order valence-corrected chi connectivity index (χ0v) is 9.77. The predicted octanol–water partition coefficient (Wildman–Crippen LogP) is -1.89. The molecule has 0 spiro atoms. The minimum atomic E-state index is -0.972. The molecule has 0 aliphatic carbocycles. The summed E-state index contributed by atoms with van der Waals surface area (Å²) in [4.78, 5) is 0. The van der Waals surface area contributed by atoms with Crippen LogP contribution < -0.4 is 10.2 Å². The molecule has 2 unspecified atom stereocenters. The molecule has 0 fully saturated rings. The van der Waals surface area contributed by atoms with Crippen LogP contribution in [-0.4, -0.2) is 32.5 Å². The van der Waals surface area contributed by atoms with E-state index in [1.165, 1.54) is 13.8 Å². The summed E-state index contributed by atoms with van der Waals surface area (Å²) >= 11 is 8.03. The molecular formula is C6H10FeO4S2. The number of rotatable bonds is 2. The molecule has 13 heavy (non-hydrogen) atoms. The molecule has 0 bridgehead atoms. The Hall–Kier alpha value is 0.219. The van der Waals surface area contributed by atoms with Crippen LogP contribution in [-0.2, 0) is 17.1 Å². The molecule has 7 heteroatoms. The summed E-state index contributed by atoms with van der Waals surface area (Å²) in [7, 11) is 0. The van der Waals surface area contributed by atoms with Gasteiger partial charge in [0.1, 0.15) is 0 Å². The predicted molar refractivity (Wildman–Crippen MR) is 48.6 cm³/mol. The Kier molecular flexibility index (Phi) is 15.0. The van der Waals surface area contributed by atoms with E-state index in [1.54, 1.807) is 0 Å². The van der Waals surface area contributed by atoms with Gasteiger partial charge in [-0.1, -0.05) is 24.4 Å². The Labute approximate surface area is 98.1 Å². The van der Waals surface area contributed by atoms with E-state index >= 15 is 0 Å². The maximum absolute atomic E-state index is 9.71. The van der Waals surface area contributed by atoms with E-state index in [9.17, 15) is 10.2 Å². The first kappa shape index (κ1) is 18.9. The van der Waals surface area contributed by atoms with E-state index in [4.69, 9.17) is 10.2 Å². The first-order chi connectivity index (χ1) is 5.29. The van der Waals surface area contributed by atoms with Crippen LogP contribution in [0.25, 0.3) is 0 Å². The molecule has 0 aromatic rings. The van der Waals surface area contributed by atoms with Crippen molar-refractivity contribution in [1.82, 2.24) is 0 Å². The molecule has 4 nitrogen and oxygen atoms in total. The van der Waals surface area contributed by atoms with Gasteiger partial charge in [0, 0.05) is 0 Å². The second-order valence-corrected chi connectivity index (χ2v) is 2.79. The largest absolute Gasteiger partial charge is 2.00 e. The zero-order chi connectivity index (χ0) is 10.3. The Balaban J connectivity index is -0.000000143. The maximum atomic E-state index is 9.71. The first-order valence-electron chi connectivity index (χ1n) is 3.06. The van der Waals surface area contributed by atoms with Gasteiger partial charge in [0.2, 0.25) is 0 Å². The molecule has 0 saturated heterocycles. The standard InChI is InChI=1S/2C3H6O2S.Fe/c2*1-2(4)3(5)6;/h2*2,4H,1H3,(H,5,6);/q;;+2/p-2. The van der Waals surface area contributed by atoms with Crippen molar-refractivity contribution in [3.8, 4) is 0 Å². The molecule has 0 aliphatic rings. The Morgan fingerprint density at radius 2 is 1.08 bits per heavy atom. The van der Waals surface area contributed by atoms with Gasteiger partial charge >= 0.3 is 17.1 Å². The van der Waals surface area contributed by atoms with E-state index in [1.807, 2.05) is 0 Å². The smallest absolute Gasteiger partial charge is 0.866 e. The molecule has 0 aromatic heterocycles. The van der Waals surface area contributed by atoms with Crippen molar-refractivity contribution in [3.63, 3.8) is 0 Å². The van der Waals surface area contributed by atoms with Crippen molar-refractivity contribution in [2.45, 2.75) is 26.1 Å². The summed E-state index contributed by atoms with van der Waals surface area (Å²) in [5, 5.41) is 34.6. The Bertz CT molecular complexity index is 143. The molecule has 0 aromatic carbocycles. The van der Waals surface area contributed by atoms with Crippen molar-refractivity contribution in [3.05, 3.63) is 0 Å². The molecule has 0 radical (unpaired) electrons. The maximum Gasteiger partial charge on any atom is 2.00 e. The van der Waals surface area contributed by atoms with Crippen LogP contribution in [0, 0.1) is 0 Å². The molecule has 0 heterocycles. The van der Waals surface area contributed by atoms with E-state index in [0.29, 0.717) is 0 Å². The minimum absolute atomic E-state index is 0. The third-order valence-corrected chi connectivity index (χ3v) is 1.36. The number of hydrogen-bond acceptors (Lipinski definition) is 6. The van der Waals surface area contributed by atoms with Gasteiger partial charge in [0.25, 0.3) is 0 Å². The second kappa shape index (κ2) is 10.3. The fourth-order valence-electron chi connectivity index (χ4n) is 0. The van der Waals surface area contributed by atoms with Gasteiger partial charge in [-0.2, -0.15) is 0 Å². The number of thiocarbonyl (C=S) groups is 2. The van der Waals surface area contributed by atoms with Gasteiger partial charge in [-0.25, -0.2) is 0 Å². The molecule has 0 saturated carbocycles. The summed E-state index contributed by atoms with van der Waals surface area (Å²) in [6.45, 7) is 2.69. The SMILES string of the molecule is CC(O)C([O-])=S.CC(O)C([O-])=S.[Fe+2]. The summed E-state index contributed by atoms with van der Waals surface area (Å²) in [5.74, 6) is 0. The number of aliphatic hydroxyl groups excluding tert-OH is 2. The first-order valence-corrected chi connectivity index (χ1v) is 3.88. The fourth-order valence-corrected chi connectivity index (χ4v) is 0. The second-order valence-electron chi connectivity index (χ2n) is 1.99. The van der Waals surface area contributed by atoms with E-state index in [2.05, 4.69) is 24.4 Å². The molecule has 2 N–H and O–H groups in total. The van der Waals surface area contributed by atoms with Gasteiger partial charge < -0.3 is 20.4 Å². The molecule has 78 valence electrons. The summed E-state index contributed by atoms with van der Waals surface area (Å²) in [5.41, 5.74) is 0. The van der Waals surface area contributed by atoms with Crippen LogP contribution in [0.15, 0.2) is 0 Å². The summed E-state index contributed by atoms with van der Waals surface area (Å²) in [6.07, 6.45) is -1.94.